The molecule has 2 aromatic rings. The number of para-hydroxylation sites is 2. The van der Waals surface area contributed by atoms with E-state index in [1.54, 1.807) is 12.1 Å². The highest BCUT2D eigenvalue weighted by molar-refractivity contribution is 8.07. The molecule has 18 heavy (non-hydrogen) atoms. The number of hydrogen-bond acceptors (Lipinski definition) is 4. The molecule has 3 rings (SSSR count). The lowest BCUT2D eigenvalue weighted by Crippen LogP contribution is -2.03. The van der Waals surface area contributed by atoms with E-state index in [4.69, 9.17) is 20.9 Å². The molecule has 0 fully saturated rings. The van der Waals surface area contributed by atoms with Gasteiger partial charge >= 0.3 is 6.72 Å². The summed E-state index contributed by atoms with van der Waals surface area (Å²) in [5.41, 5.74) is 0. The van der Waals surface area contributed by atoms with Gasteiger partial charge in [-0.1, -0.05) is 36.0 Å². The van der Waals surface area contributed by atoms with Gasteiger partial charge in [0.05, 0.1) is 9.79 Å². The minimum Gasteiger partial charge on any atom is -0.415 e. The first-order valence-electron chi connectivity index (χ1n) is 5.22. The van der Waals surface area contributed by atoms with Gasteiger partial charge in [-0.3, -0.25) is 0 Å². The fraction of sp³-hybridized carbons (Fsp3) is 0. The second-order valence-corrected chi connectivity index (χ2v) is 7.42. The van der Waals surface area contributed by atoms with Crippen LogP contribution in [0.15, 0.2) is 58.3 Å². The minimum atomic E-state index is -3.30. The Labute approximate surface area is 114 Å². The second-order valence-electron chi connectivity index (χ2n) is 3.65. The van der Waals surface area contributed by atoms with Crippen LogP contribution < -0.4 is 9.05 Å². The molecule has 1 N–H and O–H groups in total. The topological polar surface area (TPSA) is 38.7 Å². The summed E-state index contributed by atoms with van der Waals surface area (Å²) in [4.78, 5) is 11.9. The van der Waals surface area contributed by atoms with Crippen LogP contribution in [0.5, 0.6) is 11.5 Å². The summed E-state index contributed by atoms with van der Waals surface area (Å²) in [6, 6.07) is 14.9. The Kier molecular flexibility index (Phi) is 3.08. The van der Waals surface area contributed by atoms with Crippen LogP contribution in [0.4, 0.5) is 0 Å². The summed E-state index contributed by atoms with van der Waals surface area (Å²) in [5.74, 6) is 1.12. The molecule has 92 valence electrons. The molecule has 0 saturated carbocycles. The highest BCUT2D eigenvalue weighted by Crippen LogP contribution is 2.53. The Morgan fingerprint density at radius 2 is 1.33 bits per heavy atom. The molecule has 0 aliphatic carbocycles. The van der Waals surface area contributed by atoms with Crippen molar-refractivity contribution in [3.8, 4) is 11.5 Å². The second kappa shape index (κ2) is 4.59. The van der Waals surface area contributed by atoms with E-state index in [0.717, 1.165) is 9.79 Å². The van der Waals surface area contributed by atoms with Crippen molar-refractivity contribution in [1.29, 1.82) is 0 Å². The fourth-order valence-corrected chi connectivity index (χ4v) is 4.01. The van der Waals surface area contributed by atoms with Crippen LogP contribution in [0.2, 0.25) is 0 Å². The molecule has 1 aliphatic rings. The van der Waals surface area contributed by atoms with Gasteiger partial charge in [-0.15, -0.1) is 0 Å². The van der Waals surface area contributed by atoms with Gasteiger partial charge in [0.2, 0.25) is 0 Å². The summed E-state index contributed by atoms with van der Waals surface area (Å²) in [7, 11) is 0. The van der Waals surface area contributed by atoms with E-state index < -0.39 is 6.72 Å². The number of hydrogen-bond donors (Lipinski definition) is 1. The largest absolute Gasteiger partial charge is 0.432 e. The lowest BCUT2D eigenvalue weighted by Gasteiger charge is -2.23. The average Bonchev–Trinajstić information content (AvgIpc) is 2.31. The Morgan fingerprint density at radius 3 is 1.83 bits per heavy atom. The van der Waals surface area contributed by atoms with Crippen molar-refractivity contribution in [2.75, 3.05) is 0 Å². The van der Waals surface area contributed by atoms with Crippen LogP contribution in [-0.2, 0) is 11.8 Å². The summed E-state index contributed by atoms with van der Waals surface area (Å²) >= 11 is 6.53. The number of fused-ring (bicyclic) bond motifs is 2. The van der Waals surface area contributed by atoms with Crippen molar-refractivity contribution in [2.24, 2.45) is 0 Å². The van der Waals surface area contributed by atoms with Gasteiger partial charge in [-0.2, -0.15) is 0 Å². The maximum absolute atomic E-state index is 10.0. The number of benzene rings is 2. The molecule has 2 aromatic carbocycles. The van der Waals surface area contributed by atoms with Gasteiger partial charge in [0.15, 0.2) is 0 Å². The van der Waals surface area contributed by atoms with Crippen LogP contribution in [-0.4, -0.2) is 4.89 Å². The summed E-state index contributed by atoms with van der Waals surface area (Å²) in [6.07, 6.45) is 0. The zero-order chi connectivity index (χ0) is 12.6. The molecule has 0 spiro atoms. The van der Waals surface area contributed by atoms with Crippen LogP contribution in [0.1, 0.15) is 0 Å². The Hall–Kier alpha value is -1.00. The molecule has 1 aliphatic heterocycles. The smallest absolute Gasteiger partial charge is 0.415 e. The van der Waals surface area contributed by atoms with Crippen molar-refractivity contribution in [2.45, 2.75) is 9.79 Å². The molecule has 0 unspecified atom stereocenters. The molecular weight excluding hydrogens is 287 g/mol. The SMILES string of the molecule is OP1(=S)Oc2ccccc2Sc2ccccc2O1. The molecule has 0 bridgehead atoms. The zero-order valence-electron chi connectivity index (χ0n) is 9.15. The molecular formula is C12H9O3PS2. The quantitative estimate of drug-likeness (QED) is 0.748. The molecule has 0 saturated heterocycles. The van der Waals surface area contributed by atoms with E-state index >= 15 is 0 Å². The van der Waals surface area contributed by atoms with Crippen molar-refractivity contribution in [3.05, 3.63) is 48.5 Å². The zero-order valence-corrected chi connectivity index (χ0v) is 11.7. The lowest BCUT2D eigenvalue weighted by molar-refractivity contribution is 0.369. The average molecular weight is 296 g/mol. The Balaban J connectivity index is 2.17. The van der Waals surface area contributed by atoms with E-state index in [1.807, 2.05) is 36.4 Å². The first-order valence-corrected chi connectivity index (χ1v) is 8.63. The fourth-order valence-electron chi connectivity index (χ4n) is 1.61. The highest BCUT2D eigenvalue weighted by atomic mass is 32.5. The monoisotopic (exact) mass is 296 g/mol. The van der Waals surface area contributed by atoms with E-state index in [1.165, 1.54) is 11.8 Å². The highest BCUT2D eigenvalue weighted by Gasteiger charge is 2.25. The van der Waals surface area contributed by atoms with E-state index in [0.29, 0.717) is 11.5 Å². The van der Waals surface area contributed by atoms with E-state index in [9.17, 15) is 4.89 Å². The van der Waals surface area contributed by atoms with Gasteiger partial charge in [0, 0.05) is 11.8 Å². The Bertz CT molecular complexity index is 593. The summed E-state index contributed by atoms with van der Waals surface area (Å²) in [6.45, 7) is -3.30. The standard InChI is InChI=1S/C12H9O3PS2/c13-16(17)14-9-5-1-3-7-11(9)18-12-8-4-2-6-10(12)15-16/h1-8H,(H,13,17). The van der Waals surface area contributed by atoms with Gasteiger partial charge in [0.25, 0.3) is 0 Å². The predicted octanol–water partition coefficient (Wildman–Crippen LogP) is 3.83. The van der Waals surface area contributed by atoms with Gasteiger partial charge in [0.1, 0.15) is 11.5 Å². The first-order chi connectivity index (χ1) is 8.64. The van der Waals surface area contributed by atoms with Crippen LogP contribution in [0, 0.1) is 0 Å². The third-order valence-electron chi connectivity index (χ3n) is 2.35. The number of rotatable bonds is 0. The van der Waals surface area contributed by atoms with E-state index in [2.05, 4.69) is 0 Å². The summed E-state index contributed by atoms with van der Waals surface area (Å²) in [5, 5.41) is 0. The van der Waals surface area contributed by atoms with Gasteiger partial charge in [-0.05, 0) is 24.3 Å². The predicted molar refractivity (Wildman–Crippen MR) is 74.8 cm³/mol. The molecule has 3 nitrogen and oxygen atoms in total. The molecule has 0 amide bonds. The van der Waals surface area contributed by atoms with Gasteiger partial charge in [-0.25, -0.2) is 0 Å². The van der Waals surface area contributed by atoms with Crippen molar-refractivity contribution < 1.29 is 13.9 Å². The normalized spacial score (nSPS) is 16.3. The molecule has 0 aromatic heterocycles. The Morgan fingerprint density at radius 1 is 0.889 bits per heavy atom. The van der Waals surface area contributed by atoms with Crippen LogP contribution in [0.3, 0.4) is 0 Å². The molecule has 1 heterocycles. The molecule has 0 radical (unpaired) electrons. The third kappa shape index (κ3) is 2.40. The van der Waals surface area contributed by atoms with Crippen molar-refractivity contribution in [1.82, 2.24) is 0 Å². The maximum Gasteiger partial charge on any atom is 0.432 e. The first kappa shape index (κ1) is 12.1. The maximum atomic E-state index is 10.0. The van der Waals surface area contributed by atoms with Crippen molar-refractivity contribution >= 4 is 30.3 Å². The van der Waals surface area contributed by atoms with Crippen LogP contribution in [0.25, 0.3) is 0 Å². The minimum absolute atomic E-state index is 0.558. The summed E-state index contributed by atoms with van der Waals surface area (Å²) < 4.78 is 10.8. The van der Waals surface area contributed by atoms with Crippen molar-refractivity contribution in [3.63, 3.8) is 0 Å². The van der Waals surface area contributed by atoms with E-state index in [-0.39, 0.29) is 0 Å². The molecule has 6 heteroatoms. The van der Waals surface area contributed by atoms with Gasteiger partial charge < -0.3 is 13.9 Å². The molecule has 0 atom stereocenters. The van der Waals surface area contributed by atoms with Crippen LogP contribution >= 0.6 is 18.5 Å². The third-order valence-corrected chi connectivity index (χ3v) is 4.76. The lowest BCUT2D eigenvalue weighted by atomic mass is 10.3.